The van der Waals surface area contributed by atoms with Gasteiger partial charge in [-0.2, -0.15) is 0 Å². The van der Waals surface area contributed by atoms with E-state index < -0.39 is 0 Å². The highest BCUT2D eigenvalue weighted by Gasteiger charge is 1.78. The highest BCUT2D eigenvalue weighted by molar-refractivity contribution is 6.30. The Labute approximate surface area is 71.5 Å². The Hall–Kier alpha value is -1.19. The Kier molecular flexibility index (Phi) is 3.31. The Bertz CT molecular complexity index is 288. The summed E-state index contributed by atoms with van der Waals surface area (Å²) in [7, 11) is 0. The van der Waals surface area contributed by atoms with Crippen LogP contribution in [0.5, 0.6) is 0 Å². The smallest absolute Gasteiger partial charge is 0.00889 e. The van der Waals surface area contributed by atoms with Crippen molar-refractivity contribution in [2.45, 2.75) is 0 Å². The van der Waals surface area contributed by atoms with Crippen molar-refractivity contribution >= 4 is 17.7 Å². The van der Waals surface area contributed by atoms with Crippen LogP contribution in [0, 0.1) is 11.3 Å². The van der Waals surface area contributed by atoms with Crippen molar-refractivity contribution in [1.82, 2.24) is 0 Å². The molecule has 0 saturated heterocycles. The summed E-state index contributed by atoms with van der Waals surface area (Å²) in [5.74, 6) is 2.63. The van der Waals surface area contributed by atoms with Crippen LogP contribution in [0.3, 0.4) is 0 Å². The first-order valence-electron chi connectivity index (χ1n) is 3.26. The summed E-state index contributed by atoms with van der Waals surface area (Å²) < 4.78 is 0. The minimum absolute atomic E-state index is 1.13. The van der Waals surface area contributed by atoms with Gasteiger partial charge in [-0.05, 0) is 29.3 Å². The van der Waals surface area contributed by atoms with Gasteiger partial charge in [-0.15, -0.1) is 0 Å². The molecule has 0 fully saturated rings. The Morgan fingerprint density at radius 3 is 2.55 bits per heavy atom. The first kappa shape index (κ1) is 7.91. The monoisotopic (exact) mass is 162 g/mol. The molecule has 54 valence electrons. The molecule has 0 nitrogen and oxygen atoms in total. The van der Waals surface area contributed by atoms with Crippen molar-refractivity contribution < 1.29 is 0 Å². The number of hydrogen-bond acceptors (Lipinski definition) is 0. The van der Waals surface area contributed by atoms with Gasteiger partial charge in [-0.25, -0.2) is 0 Å². The fourth-order valence-corrected chi connectivity index (χ4v) is 0.797. The summed E-state index contributed by atoms with van der Waals surface area (Å²) in [4.78, 5) is 0. The maximum atomic E-state index is 5.16. The zero-order valence-corrected chi connectivity index (χ0v) is 6.68. The highest BCUT2D eigenvalue weighted by atomic mass is 35.5. The third kappa shape index (κ3) is 2.93. The lowest BCUT2D eigenvalue weighted by Crippen LogP contribution is -1.66. The average molecular weight is 163 g/mol. The van der Waals surface area contributed by atoms with Crippen LogP contribution < -0.4 is 0 Å². The largest absolute Gasteiger partial charge is 0.0622 e. The molecule has 0 atom stereocenters. The van der Waals surface area contributed by atoms with Gasteiger partial charge in [-0.1, -0.05) is 36.3 Å². The van der Waals surface area contributed by atoms with E-state index in [4.69, 9.17) is 11.6 Å². The van der Waals surface area contributed by atoms with E-state index >= 15 is 0 Å². The summed E-state index contributed by atoms with van der Waals surface area (Å²) >= 11 is 5.16. The van der Waals surface area contributed by atoms with Crippen molar-refractivity contribution in [1.29, 1.82) is 0 Å². The van der Waals surface area contributed by atoms with Crippen molar-refractivity contribution in [3.8, 4) is 11.3 Å². The lowest BCUT2D eigenvalue weighted by Gasteiger charge is -1.86. The van der Waals surface area contributed by atoms with Gasteiger partial charge in [-0.3, -0.25) is 0 Å². The number of hydrogen-bond donors (Lipinski definition) is 0. The zero-order valence-electron chi connectivity index (χ0n) is 5.92. The Balaban J connectivity index is 2.69. The molecule has 0 unspecified atom stereocenters. The van der Waals surface area contributed by atoms with Gasteiger partial charge in [0.05, 0.1) is 0 Å². The van der Waals surface area contributed by atoms with Crippen molar-refractivity contribution in [3.63, 3.8) is 0 Å². The molecule has 0 N–H and O–H groups in total. The summed E-state index contributed by atoms with van der Waals surface area (Å²) in [6.45, 7) is 0. The molecule has 0 aromatic heterocycles. The van der Waals surface area contributed by atoms with Crippen molar-refractivity contribution in [2.75, 3.05) is 0 Å². The molecule has 0 aliphatic heterocycles. The van der Waals surface area contributed by atoms with E-state index in [9.17, 15) is 0 Å². The van der Waals surface area contributed by atoms with Crippen LogP contribution in [0.25, 0.3) is 6.08 Å². The molecule has 1 aromatic rings. The molecule has 1 aromatic carbocycles. The zero-order chi connectivity index (χ0) is 7.94. The predicted octanol–water partition coefficient (Wildman–Crippen LogP) is 2.90. The molecule has 0 saturated carbocycles. The molecule has 11 heavy (non-hydrogen) atoms. The lowest BCUT2D eigenvalue weighted by atomic mass is 10.2. The van der Waals surface area contributed by atoms with E-state index in [2.05, 4.69) is 11.3 Å². The van der Waals surface area contributed by atoms with E-state index in [1.807, 2.05) is 36.4 Å². The predicted molar refractivity (Wildman–Crippen MR) is 49.1 cm³/mol. The minimum Gasteiger partial charge on any atom is -0.0622 e. The molecule has 0 bridgehead atoms. The highest BCUT2D eigenvalue weighted by Crippen LogP contribution is 1.99. The first-order chi connectivity index (χ1) is 5.43. The van der Waals surface area contributed by atoms with Crippen LogP contribution in [0.1, 0.15) is 5.56 Å². The summed E-state index contributed by atoms with van der Waals surface area (Å²) in [6.07, 6.45) is 3.64. The van der Waals surface area contributed by atoms with E-state index in [-0.39, 0.29) is 0 Å². The number of halogens is 1. The van der Waals surface area contributed by atoms with E-state index in [0.29, 0.717) is 0 Å². The third-order valence-corrected chi connectivity index (χ3v) is 1.32. The van der Waals surface area contributed by atoms with E-state index in [0.717, 1.165) is 5.56 Å². The second-order valence-corrected chi connectivity index (χ2v) is 2.17. The van der Waals surface area contributed by atoms with Crippen LogP contribution in [-0.2, 0) is 0 Å². The molecule has 1 rings (SSSR count). The molecule has 0 amide bonds. The molecule has 0 heterocycles. The number of rotatable bonds is 1. The molecule has 0 aliphatic carbocycles. The second kappa shape index (κ2) is 4.60. The van der Waals surface area contributed by atoms with E-state index in [1.165, 1.54) is 0 Å². The Morgan fingerprint density at radius 1 is 1.18 bits per heavy atom. The number of allylic oxidation sites excluding steroid dienone is 1. The van der Waals surface area contributed by atoms with Crippen molar-refractivity contribution in [3.05, 3.63) is 42.0 Å². The van der Waals surface area contributed by atoms with Gasteiger partial charge in [0.15, 0.2) is 0 Å². The SMILES string of the molecule is ClC#C/C=C\c1ccccc1. The summed E-state index contributed by atoms with van der Waals surface area (Å²) in [6, 6.07) is 9.95. The molecular formula is C10H7Cl. The van der Waals surface area contributed by atoms with Crippen LogP contribution in [-0.4, -0.2) is 0 Å². The second-order valence-electron chi connectivity index (χ2n) is 1.98. The minimum atomic E-state index is 1.13. The van der Waals surface area contributed by atoms with Crippen LogP contribution in [0.2, 0.25) is 0 Å². The van der Waals surface area contributed by atoms with Gasteiger partial charge in [0, 0.05) is 5.38 Å². The molecule has 1 heteroatoms. The summed E-state index contributed by atoms with van der Waals surface area (Å²) in [5, 5.41) is 2.27. The van der Waals surface area contributed by atoms with Gasteiger partial charge in [0.1, 0.15) is 0 Å². The standard InChI is InChI=1S/C10H7Cl/c11-9-5-4-8-10-6-2-1-3-7-10/h1-4,6-8H/b8-4-. The average Bonchev–Trinajstić information content (AvgIpc) is 2.07. The fourth-order valence-electron chi connectivity index (χ4n) is 0.734. The summed E-state index contributed by atoms with van der Waals surface area (Å²) in [5.41, 5.74) is 1.13. The normalized spacial score (nSPS) is 9.18. The van der Waals surface area contributed by atoms with Gasteiger partial charge < -0.3 is 0 Å². The Morgan fingerprint density at radius 2 is 1.91 bits per heavy atom. The quantitative estimate of drug-likeness (QED) is 0.557. The third-order valence-electron chi connectivity index (χ3n) is 1.21. The molecule has 0 radical (unpaired) electrons. The van der Waals surface area contributed by atoms with Crippen molar-refractivity contribution in [2.24, 2.45) is 0 Å². The van der Waals surface area contributed by atoms with Gasteiger partial charge in [0.2, 0.25) is 0 Å². The topological polar surface area (TPSA) is 0 Å². The maximum absolute atomic E-state index is 5.16. The van der Waals surface area contributed by atoms with Crippen LogP contribution in [0.15, 0.2) is 36.4 Å². The fraction of sp³-hybridized carbons (Fsp3) is 0. The maximum Gasteiger partial charge on any atom is 0.00889 e. The van der Waals surface area contributed by atoms with Gasteiger partial charge >= 0.3 is 0 Å². The first-order valence-corrected chi connectivity index (χ1v) is 3.64. The van der Waals surface area contributed by atoms with Gasteiger partial charge in [0.25, 0.3) is 0 Å². The molecular weight excluding hydrogens is 156 g/mol. The molecule has 0 spiro atoms. The van der Waals surface area contributed by atoms with Crippen LogP contribution >= 0.6 is 11.6 Å². The van der Waals surface area contributed by atoms with Crippen LogP contribution in [0.4, 0.5) is 0 Å². The van der Waals surface area contributed by atoms with E-state index in [1.54, 1.807) is 6.08 Å². The number of benzene rings is 1. The lowest BCUT2D eigenvalue weighted by molar-refractivity contribution is 1.66. The molecule has 0 aliphatic rings.